The Kier molecular flexibility index (Phi) is 21.4. The third-order valence-electron chi connectivity index (χ3n) is 6.37. The van der Waals surface area contributed by atoms with Crippen molar-refractivity contribution >= 4 is 8.03 Å². The van der Waals surface area contributed by atoms with E-state index in [0.717, 1.165) is 19.3 Å². The van der Waals surface area contributed by atoms with E-state index in [2.05, 4.69) is 19.1 Å². The lowest BCUT2D eigenvalue weighted by atomic mass is 10.0. The fourth-order valence-corrected chi connectivity index (χ4v) is 5.17. The molecule has 184 valence electrons. The second-order valence-corrected chi connectivity index (χ2v) is 11.5. The van der Waals surface area contributed by atoms with Crippen LogP contribution in [0, 0.1) is 0 Å². The van der Waals surface area contributed by atoms with Crippen molar-refractivity contribution in [3.63, 3.8) is 0 Å². The van der Waals surface area contributed by atoms with E-state index in [1.807, 2.05) is 21.1 Å². The van der Waals surface area contributed by atoms with Gasteiger partial charge in [0.2, 0.25) is 0 Å². The number of nitrogens with zero attached hydrogens (tertiary/aromatic N) is 1. The molecule has 0 aliphatic heterocycles. The van der Waals surface area contributed by atoms with Gasteiger partial charge < -0.3 is 4.89 Å². The highest BCUT2D eigenvalue weighted by atomic mass is 31.1. The van der Waals surface area contributed by atoms with Crippen LogP contribution >= 0.6 is 8.03 Å². The zero-order valence-corrected chi connectivity index (χ0v) is 22.5. The second-order valence-electron chi connectivity index (χ2n) is 10.4. The topological polar surface area (TPSA) is 40.1 Å². The van der Waals surface area contributed by atoms with Crippen molar-refractivity contribution in [2.75, 3.05) is 21.1 Å². The number of hydrogen-bond acceptors (Lipinski definition) is 2. The van der Waals surface area contributed by atoms with Gasteiger partial charge in [0, 0.05) is 0 Å². The molecular weight excluding hydrogens is 401 g/mol. The number of allylic oxidation sites excluding steroid dienone is 2. The molecule has 2 atom stereocenters. The van der Waals surface area contributed by atoms with Gasteiger partial charge >= 0.3 is 8.03 Å². The first-order valence-electron chi connectivity index (χ1n) is 13.5. The highest BCUT2D eigenvalue weighted by molar-refractivity contribution is 7.37. The van der Waals surface area contributed by atoms with Crippen molar-refractivity contribution < 1.29 is 13.9 Å². The van der Waals surface area contributed by atoms with E-state index in [1.165, 1.54) is 109 Å². The Morgan fingerprint density at radius 2 is 1.00 bits per heavy atom. The quantitative estimate of drug-likeness (QED) is 0.0669. The van der Waals surface area contributed by atoms with Crippen LogP contribution in [0.3, 0.4) is 0 Å². The largest absolute Gasteiger partial charge is 0.591 e. The minimum absolute atomic E-state index is 0.278. The lowest BCUT2D eigenvalue weighted by molar-refractivity contribution is -0.883. The van der Waals surface area contributed by atoms with Crippen LogP contribution in [0.25, 0.3) is 0 Å². The molecule has 31 heavy (non-hydrogen) atoms. The van der Waals surface area contributed by atoms with Crippen LogP contribution in [-0.2, 0) is 4.57 Å². The first kappa shape index (κ1) is 30.8. The van der Waals surface area contributed by atoms with Crippen molar-refractivity contribution in [1.82, 2.24) is 0 Å². The summed E-state index contributed by atoms with van der Waals surface area (Å²) >= 11 is 0. The summed E-state index contributed by atoms with van der Waals surface area (Å²) < 4.78 is 11.9. The van der Waals surface area contributed by atoms with Gasteiger partial charge in [-0.3, -0.25) is 4.48 Å². The van der Waals surface area contributed by atoms with E-state index in [1.54, 1.807) is 0 Å². The molecule has 0 saturated heterocycles. The molecule has 0 aromatic heterocycles. The Hall–Kier alpha value is -0.240. The first-order valence-corrected chi connectivity index (χ1v) is 14.7. The number of unbranched alkanes of at least 4 members (excludes halogenated alkanes) is 17. The average Bonchev–Trinajstić information content (AvgIpc) is 2.70. The molecule has 0 fully saturated rings. The summed E-state index contributed by atoms with van der Waals surface area (Å²) in [6, 6.07) is 0. The smallest absolute Gasteiger partial charge is 0.373 e. The molecule has 0 heterocycles. The van der Waals surface area contributed by atoms with Gasteiger partial charge in [-0.2, -0.15) is 0 Å². The van der Waals surface area contributed by atoms with Crippen molar-refractivity contribution in [1.29, 1.82) is 0 Å². The Balaban J connectivity index is 3.31. The Bertz CT molecular complexity index is 431. The summed E-state index contributed by atoms with van der Waals surface area (Å²) in [5.74, 6) is -0.278. The van der Waals surface area contributed by atoms with Crippen molar-refractivity contribution in [3.8, 4) is 0 Å². The highest BCUT2D eigenvalue weighted by Crippen LogP contribution is 2.28. The molecule has 0 bridgehead atoms. The summed E-state index contributed by atoms with van der Waals surface area (Å²) in [5.41, 5.74) is 0. The maximum atomic E-state index is 11.4. The van der Waals surface area contributed by atoms with Crippen molar-refractivity contribution in [2.45, 2.75) is 141 Å². The predicted octanol–water partition coefficient (Wildman–Crippen LogP) is 8.50. The normalized spacial score (nSPS) is 13.8. The number of quaternary nitrogens is 1. The van der Waals surface area contributed by atoms with Crippen molar-refractivity contribution in [2.24, 2.45) is 0 Å². The van der Waals surface area contributed by atoms with Crippen LogP contribution in [0.5, 0.6) is 0 Å². The molecule has 0 aromatic rings. The zero-order chi connectivity index (χ0) is 23.2. The van der Waals surface area contributed by atoms with Gasteiger partial charge in [-0.15, -0.1) is 0 Å². The molecule has 2 unspecified atom stereocenters. The standard InChI is InChI=1S/C27H55NO2P/c1-5-6-7-8-9-10-11-12-13-14-15-16-17-18-19-20-21-22-23-24-25-26-27(31(29)30)28(2,3)4/h23-24,27H,5-22,25-26H2,1-4H3/q+1/b24-23-. The van der Waals surface area contributed by atoms with E-state index >= 15 is 0 Å². The van der Waals surface area contributed by atoms with Gasteiger partial charge in [-0.25, -0.2) is 0 Å². The first-order chi connectivity index (χ1) is 14.9. The molecule has 0 aliphatic rings. The zero-order valence-electron chi connectivity index (χ0n) is 21.6. The summed E-state index contributed by atoms with van der Waals surface area (Å²) in [6.07, 6.45) is 31.1. The van der Waals surface area contributed by atoms with Crippen LogP contribution < -0.4 is 4.89 Å². The monoisotopic (exact) mass is 456 g/mol. The van der Waals surface area contributed by atoms with E-state index in [4.69, 9.17) is 0 Å². The van der Waals surface area contributed by atoms with Gasteiger partial charge in [0.15, 0.2) is 0 Å². The van der Waals surface area contributed by atoms with E-state index in [-0.39, 0.29) is 5.78 Å². The average molecular weight is 457 g/mol. The van der Waals surface area contributed by atoms with Crippen LogP contribution in [0.1, 0.15) is 135 Å². The van der Waals surface area contributed by atoms with Crippen LogP contribution in [0.15, 0.2) is 12.2 Å². The molecular formula is C27H55NO2P+. The number of rotatable bonds is 23. The Labute approximate surface area is 196 Å². The minimum Gasteiger partial charge on any atom is -0.591 e. The maximum absolute atomic E-state index is 11.4. The van der Waals surface area contributed by atoms with E-state index < -0.39 is 8.03 Å². The van der Waals surface area contributed by atoms with Crippen LogP contribution in [0.2, 0.25) is 0 Å². The van der Waals surface area contributed by atoms with Gasteiger partial charge in [0.1, 0.15) is 0 Å². The van der Waals surface area contributed by atoms with Gasteiger partial charge in [-0.05, 0) is 19.3 Å². The lowest BCUT2D eigenvalue weighted by Crippen LogP contribution is -2.44. The van der Waals surface area contributed by atoms with Crippen molar-refractivity contribution in [3.05, 3.63) is 12.2 Å². The lowest BCUT2D eigenvalue weighted by Gasteiger charge is -2.27. The van der Waals surface area contributed by atoms with Gasteiger partial charge in [0.25, 0.3) is 5.78 Å². The molecule has 3 nitrogen and oxygen atoms in total. The summed E-state index contributed by atoms with van der Waals surface area (Å²) in [7, 11) is 3.50. The molecule has 0 aliphatic carbocycles. The molecule has 0 radical (unpaired) electrons. The molecule has 0 spiro atoms. The van der Waals surface area contributed by atoms with Gasteiger partial charge in [-0.1, -0.05) is 126 Å². The van der Waals surface area contributed by atoms with E-state index in [9.17, 15) is 9.46 Å². The third-order valence-corrected chi connectivity index (χ3v) is 7.81. The molecule has 0 rings (SSSR count). The minimum atomic E-state index is -2.36. The van der Waals surface area contributed by atoms with Crippen LogP contribution in [-0.4, -0.2) is 31.4 Å². The van der Waals surface area contributed by atoms with E-state index in [0.29, 0.717) is 4.48 Å². The number of hydrogen-bond donors (Lipinski definition) is 0. The highest BCUT2D eigenvalue weighted by Gasteiger charge is 2.34. The third kappa shape index (κ3) is 21.4. The molecule has 4 heteroatoms. The fraction of sp³-hybridized carbons (Fsp3) is 0.926. The molecule has 0 N–H and O–H groups in total. The molecule has 0 aromatic carbocycles. The maximum Gasteiger partial charge on any atom is 0.373 e. The fourth-order valence-electron chi connectivity index (χ4n) is 4.24. The Morgan fingerprint density at radius 3 is 1.35 bits per heavy atom. The summed E-state index contributed by atoms with van der Waals surface area (Å²) in [5, 5.41) is 0. The molecule has 0 amide bonds. The van der Waals surface area contributed by atoms with Crippen LogP contribution in [0.4, 0.5) is 0 Å². The van der Waals surface area contributed by atoms with Gasteiger partial charge in [0.05, 0.1) is 27.6 Å². The molecule has 0 saturated carbocycles. The summed E-state index contributed by atoms with van der Waals surface area (Å²) in [4.78, 5) is 11.4. The second kappa shape index (κ2) is 21.6. The SMILES string of the molecule is CCCCCCCCCCCCCCCCCCC/C=C\CCC([P+](=O)[O-])[N+](C)(C)C. The Morgan fingerprint density at radius 1 is 0.645 bits per heavy atom. The predicted molar refractivity (Wildman–Crippen MR) is 137 cm³/mol. The summed E-state index contributed by atoms with van der Waals surface area (Å²) in [6.45, 7) is 2.29.